The van der Waals surface area contributed by atoms with E-state index < -0.39 is 0 Å². The average molecular weight is 451 g/mol. The first-order valence-corrected chi connectivity index (χ1v) is 11.7. The maximum Gasteiger partial charge on any atom is 0.376 e. The van der Waals surface area contributed by atoms with Gasteiger partial charge < -0.3 is 15.2 Å². The molecule has 1 amide bonds. The molecule has 8 heteroatoms. The van der Waals surface area contributed by atoms with Crippen LogP contribution in [0.25, 0.3) is 5.65 Å². The summed E-state index contributed by atoms with van der Waals surface area (Å²) in [6, 6.07) is 12.2. The quantitative estimate of drug-likeness (QED) is 0.561. The van der Waals surface area contributed by atoms with Crippen LogP contribution in [0.3, 0.4) is 0 Å². The third-order valence-corrected chi connectivity index (χ3v) is 7.30. The lowest BCUT2D eigenvalue weighted by Gasteiger charge is -2.60. The lowest BCUT2D eigenvalue weighted by atomic mass is 9.54. The topological polar surface area (TPSA) is 69.9 Å². The summed E-state index contributed by atoms with van der Waals surface area (Å²) < 4.78 is 1.77. The van der Waals surface area contributed by atoms with Crippen molar-refractivity contribution >= 4 is 30.2 Å². The lowest BCUT2D eigenvalue weighted by molar-refractivity contribution is -0.0356. The summed E-state index contributed by atoms with van der Waals surface area (Å²) >= 11 is 6.14. The van der Waals surface area contributed by atoms with Crippen molar-refractivity contribution in [3.8, 4) is 0 Å². The fourth-order valence-corrected chi connectivity index (χ4v) is 5.45. The van der Waals surface area contributed by atoms with E-state index in [1.165, 1.54) is 18.4 Å². The molecule has 0 radical (unpaired) electrons. The number of nitrogens with one attached hydrogen (secondary N) is 1. The van der Waals surface area contributed by atoms with Crippen LogP contribution in [0, 0.1) is 5.41 Å². The van der Waals surface area contributed by atoms with Crippen LogP contribution in [0.5, 0.6) is 0 Å². The largest absolute Gasteiger partial charge is 0.437 e. The first kappa shape index (κ1) is 21.5. The molecule has 1 aliphatic carbocycles. The number of rotatable bonds is 6. The Morgan fingerprint density at radius 3 is 2.62 bits per heavy atom. The summed E-state index contributed by atoms with van der Waals surface area (Å²) in [5.74, 6) is 0.457. The van der Waals surface area contributed by atoms with Gasteiger partial charge in [0.05, 0.1) is 10.7 Å². The first-order chi connectivity index (χ1) is 15.4. The molecule has 0 bridgehead atoms. The smallest absolute Gasteiger partial charge is 0.376 e. The van der Waals surface area contributed by atoms with E-state index in [0.29, 0.717) is 35.0 Å². The molecule has 32 heavy (non-hydrogen) atoms. The van der Waals surface area contributed by atoms with Crippen molar-refractivity contribution < 1.29 is 9.82 Å². The van der Waals surface area contributed by atoms with Crippen LogP contribution >= 0.6 is 11.6 Å². The monoisotopic (exact) mass is 450 g/mol. The minimum atomic E-state index is -0.333. The minimum Gasteiger partial charge on any atom is -0.437 e. The van der Waals surface area contributed by atoms with Gasteiger partial charge in [-0.2, -0.15) is 0 Å². The van der Waals surface area contributed by atoms with Crippen molar-refractivity contribution in [3.05, 3.63) is 70.1 Å². The lowest BCUT2D eigenvalue weighted by Crippen LogP contribution is -2.65. The number of hydrogen-bond acceptors (Lipinski definition) is 4. The summed E-state index contributed by atoms with van der Waals surface area (Å²) in [4.78, 5) is 19.7. The van der Waals surface area contributed by atoms with E-state index in [9.17, 15) is 9.82 Å². The maximum absolute atomic E-state index is 13.0. The second-order valence-electron chi connectivity index (χ2n) is 9.40. The summed E-state index contributed by atoms with van der Waals surface area (Å²) in [5, 5.41) is 13.3. The number of benzene rings is 1. The summed E-state index contributed by atoms with van der Waals surface area (Å²) in [6.45, 7) is 6.33. The highest BCUT2D eigenvalue weighted by molar-refractivity contribution is 6.45. The van der Waals surface area contributed by atoms with Gasteiger partial charge in [0, 0.05) is 12.7 Å². The number of carbonyl (C=O) groups is 1. The Hall–Kier alpha value is -2.35. The van der Waals surface area contributed by atoms with Crippen molar-refractivity contribution in [2.45, 2.75) is 45.5 Å². The molecule has 166 valence electrons. The molecular formula is C24H28BClN4O2. The molecule has 1 aromatic carbocycles. The highest BCUT2D eigenvalue weighted by Crippen LogP contribution is 2.56. The van der Waals surface area contributed by atoms with Crippen LogP contribution < -0.4 is 5.32 Å². The Kier molecular flexibility index (Phi) is 5.52. The molecule has 3 heterocycles. The third-order valence-electron chi connectivity index (χ3n) is 7.07. The first-order valence-electron chi connectivity index (χ1n) is 11.3. The number of aromatic nitrogens is 2. The number of fused-ring (bicyclic) bond motifs is 1. The van der Waals surface area contributed by atoms with E-state index in [2.05, 4.69) is 39.4 Å². The number of aryl methyl sites for hydroxylation is 1. The van der Waals surface area contributed by atoms with Crippen molar-refractivity contribution in [1.29, 1.82) is 0 Å². The Morgan fingerprint density at radius 2 is 1.97 bits per heavy atom. The molecule has 1 aliphatic heterocycles. The molecule has 6 nitrogen and oxygen atoms in total. The Labute approximate surface area is 193 Å². The average Bonchev–Trinajstić information content (AvgIpc) is 3.08. The molecular weight excluding hydrogens is 423 g/mol. The number of imidazole rings is 1. The van der Waals surface area contributed by atoms with Crippen LogP contribution in [0.4, 0.5) is 0 Å². The normalized spacial score (nSPS) is 17.9. The van der Waals surface area contributed by atoms with Gasteiger partial charge in [-0.3, -0.25) is 9.20 Å². The van der Waals surface area contributed by atoms with Crippen LogP contribution in [0.1, 0.15) is 53.0 Å². The maximum atomic E-state index is 13.0. The molecule has 3 aromatic rings. The molecule has 0 atom stereocenters. The van der Waals surface area contributed by atoms with Gasteiger partial charge in [0.1, 0.15) is 11.3 Å². The Bertz CT molecular complexity index is 1150. The summed E-state index contributed by atoms with van der Waals surface area (Å²) in [7, 11) is -0.333. The standard InChI is InChI=1S/C24H28BClN4O2/c1-3-20-22(30-13-19(26)8-9-21(30)28-20)23(31)27-12-16-4-6-17(7-5-16)18-10-24(11-18)14-29(15-24)25(2)32/h4-9,13,18,32H,3,10-12,14-15H2,1-2H3,(H,27,31). The van der Waals surface area contributed by atoms with Gasteiger partial charge in [0.2, 0.25) is 0 Å². The fraction of sp³-hybridized carbons (Fsp3) is 0.417. The van der Waals surface area contributed by atoms with E-state index in [0.717, 1.165) is 30.0 Å². The molecule has 2 aromatic heterocycles. The number of carbonyl (C=O) groups excluding carboxylic acids is 1. The molecule has 1 saturated carbocycles. The Morgan fingerprint density at radius 1 is 1.25 bits per heavy atom. The van der Waals surface area contributed by atoms with Crippen molar-refractivity contribution in [3.63, 3.8) is 0 Å². The molecule has 1 saturated heterocycles. The minimum absolute atomic E-state index is 0.144. The molecule has 5 rings (SSSR count). The number of nitrogens with zero attached hydrogens (tertiary/aromatic N) is 3. The number of amides is 1. The predicted molar refractivity (Wildman–Crippen MR) is 127 cm³/mol. The zero-order valence-corrected chi connectivity index (χ0v) is 19.3. The third kappa shape index (κ3) is 3.83. The number of hydrogen-bond donors (Lipinski definition) is 2. The molecule has 2 fully saturated rings. The van der Waals surface area contributed by atoms with Crippen molar-refractivity contribution in [1.82, 2.24) is 19.5 Å². The van der Waals surface area contributed by atoms with Crippen LogP contribution in [0.2, 0.25) is 11.8 Å². The number of halogens is 1. The van der Waals surface area contributed by atoms with E-state index in [-0.39, 0.29) is 13.0 Å². The van der Waals surface area contributed by atoms with Gasteiger partial charge in [-0.05, 0) is 73.8 Å². The van der Waals surface area contributed by atoms with Gasteiger partial charge in [-0.15, -0.1) is 0 Å². The van der Waals surface area contributed by atoms with E-state index >= 15 is 0 Å². The van der Waals surface area contributed by atoms with Gasteiger partial charge in [-0.25, -0.2) is 4.98 Å². The fourth-order valence-electron chi connectivity index (χ4n) is 5.29. The van der Waals surface area contributed by atoms with Crippen molar-refractivity contribution in [2.24, 2.45) is 5.41 Å². The highest BCUT2D eigenvalue weighted by atomic mass is 35.5. The highest BCUT2D eigenvalue weighted by Gasteiger charge is 2.53. The number of pyridine rings is 1. The zero-order chi connectivity index (χ0) is 22.5. The Balaban J connectivity index is 1.20. The predicted octanol–water partition coefficient (Wildman–Crippen LogP) is 3.77. The van der Waals surface area contributed by atoms with E-state index in [4.69, 9.17) is 11.6 Å². The van der Waals surface area contributed by atoms with E-state index in [1.54, 1.807) is 16.7 Å². The van der Waals surface area contributed by atoms with Crippen LogP contribution in [-0.2, 0) is 13.0 Å². The molecule has 2 aliphatic rings. The molecule has 2 N–H and O–H groups in total. The summed E-state index contributed by atoms with van der Waals surface area (Å²) in [5.41, 5.74) is 4.90. The second-order valence-corrected chi connectivity index (χ2v) is 9.84. The SMILES string of the molecule is CCc1nc2ccc(Cl)cn2c1C(=O)NCc1ccc(C2CC3(C2)CN(B(C)O)C3)cc1. The molecule has 1 spiro atoms. The van der Waals surface area contributed by atoms with Crippen molar-refractivity contribution in [2.75, 3.05) is 13.1 Å². The van der Waals surface area contributed by atoms with Gasteiger partial charge in [-0.1, -0.05) is 42.8 Å². The zero-order valence-electron chi connectivity index (χ0n) is 18.5. The van der Waals surface area contributed by atoms with Gasteiger partial charge in [0.15, 0.2) is 0 Å². The summed E-state index contributed by atoms with van der Waals surface area (Å²) in [6.07, 6.45) is 4.81. The molecule has 0 unspecified atom stereocenters. The van der Waals surface area contributed by atoms with Gasteiger partial charge >= 0.3 is 7.05 Å². The van der Waals surface area contributed by atoms with Gasteiger partial charge in [0.25, 0.3) is 5.91 Å². The van der Waals surface area contributed by atoms with Crippen LogP contribution in [-0.4, -0.2) is 45.3 Å². The second kappa shape index (κ2) is 8.21. The van der Waals surface area contributed by atoms with E-state index in [1.807, 2.05) is 19.8 Å². The van der Waals surface area contributed by atoms with Crippen LogP contribution in [0.15, 0.2) is 42.6 Å².